The quantitative estimate of drug-likeness (QED) is 0.695. The van der Waals surface area contributed by atoms with Crippen LogP contribution in [0.2, 0.25) is 0 Å². The highest BCUT2D eigenvalue weighted by molar-refractivity contribution is 5.31. The maximum atomic E-state index is 12.5. The Morgan fingerprint density at radius 2 is 2.08 bits per heavy atom. The summed E-state index contributed by atoms with van der Waals surface area (Å²) in [6, 6.07) is 3.67. The highest BCUT2D eigenvalue weighted by atomic mass is 19.2. The lowest BCUT2D eigenvalue weighted by molar-refractivity contribution is 0.406. The van der Waals surface area contributed by atoms with Gasteiger partial charge in [0.15, 0.2) is 17.4 Å². The van der Waals surface area contributed by atoms with Crippen LogP contribution in [-0.4, -0.2) is 5.11 Å². The normalized spacial score (nSPS) is 9.42. The number of rotatable bonds is 1. The third-order valence-electron chi connectivity index (χ3n) is 1.35. The van der Waals surface area contributed by atoms with E-state index in [9.17, 15) is 8.78 Å². The SMILES string of the molecule is N#CCc1cc(O)c(F)c(F)c1. The summed E-state index contributed by atoms with van der Waals surface area (Å²) in [6.45, 7) is 0. The molecule has 2 nitrogen and oxygen atoms in total. The fourth-order valence-electron chi connectivity index (χ4n) is 0.822. The molecule has 12 heavy (non-hydrogen) atoms. The first kappa shape index (κ1) is 8.47. The van der Waals surface area contributed by atoms with Gasteiger partial charge < -0.3 is 5.11 Å². The van der Waals surface area contributed by atoms with Gasteiger partial charge in [-0.2, -0.15) is 9.65 Å². The van der Waals surface area contributed by atoms with E-state index in [-0.39, 0.29) is 12.0 Å². The fourth-order valence-corrected chi connectivity index (χ4v) is 0.822. The first-order chi connectivity index (χ1) is 5.65. The number of phenolic OH excluding ortho intramolecular Hbond substituents is 1. The van der Waals surface area contributed by atoms with Crippen LogP contribution in [0.25, 0.3) is 0 Å². The third kappa shape index (κ3) is 1.51. The predicted molar refractivity (Wildman–Crippen MR) is 37.3 cm³/mol. The van der Waals surface area contributed by atoms with Crippen LogP contribution in [0.15, 0.2) is 12.1 Å². The number of aromatic hydroxyl groups is 1. The van der Waals surface area contributed by atoms with E-state index >= 15 is 0 Å². The minimum Gasteiger partial charge on any atom is -0.505 e. The summed E-state index contributed by atoms with van der Waals surface area (Å²) < 4.78 is 25.0. The van der Waals surface area contributed by atoms with E-state index < -0.39 is 17.4 Å². The van der Waals surface area contributed by atoms with Crippen molar-refractivity contribution < 1.29 is 13.9 Å². The molecule has 0 unspecified atom stereocenters. The lowest BCUT2D eigenvalue weighted by Crippen LogP contribution is -1.89. The van der Waals surface area contributed by atoms with Gasteiger partial charge in [-0.3, -0.25) is 0 Å². The lowest BCUT2D eigenvalue weighted by Gasteiger charge is -1.99. The largest absolute Gasteiger partial charge is 0.505 e. The molecule has 0 aliphatic carbocycles. The average Bonchev–Trinajstić information content (AvgIpc) is 2.01. The summed E-state index contributed by atoms with van der Waals surface area (Å²) in [7, 11) is 0. The molecule has 1 aromatic carbocycles. The number of phenols is 1. The van der Waals surface area contributed by atoms with Gasteiger partial charge in [-0.05, 0) is 17.7 Å². The van der Waals surface area contributed by atoms with Gasteiger partial charge in [-0.15, -0.1) is 0 Å². The summed E-state index contributed by atoms with van der Waals surface area (Å²) in [5.74, 6) is -3.18. The number of hydrogen-bond donors (Lipinski definition) is 1. The van der Waals surface area contributed by atoms with Crippen LogP contribution in [0.5, 0.6) is 5.75 Å². The molecule has 0 aliphatic heterocycles. The molecule has 0 radical (unpaired) electrons. The van der Waals surface area contributed by atoms with Gasteiger partial charge in [0, 0.05) is 0 Å². The van der Waals surface area contributed by atoms with Crippen LogP contribution >= 0.6 is 0 Å². The van der Waals surface area contributed by atoms with Crippen molar-refractivity contribution in [1.82, 2.24) is 0 Å². The molecule has 0 bridgehead atoms. The van der Waals surface area contributed by atoms with E-state index in [2.05, 4.69) is 0 Å². The summed E-state index contributed by atoms with van der Waals surface area (Å²) in [4.78, 5) is 0. The molecular formula is C8H5F2NO. The van der Waals surface area contributed by atoms with Crippen LogP contribution < -0.4 is 0 Å². The summed E-state index contributed by atoms with van der Waals surface area (Å²) in [5, 5.41) is 17.0. The topological polar surface area (TPSA) is 44.0 Å². The number of nitrogens with zero attached hydrogens (tertiary/aromatic N) is 1. The molecule has 0 aromatic heterocycles. The van der Waals surface area contributed by atoms with Gasteiger partial charge in [0.25, 0.3) is 0 Å². The van der Waals surface area contributed by atoms with E-state index in [1.165, 1.54) is 0 Å². The van der Waals surface area contributed by atoms with Crippen molar-refractivity contribution >= 4 is 0 Å². The Kier molecular flexibility index (Phi) is 2.24. The van der Waals surface area contributed by atoms with Gasteiger partial charge in [0.05, 0.1) is 12.5 Å². The van der Waals surface area contributed by atoms with Crippen molar-refractivity contribution in [2.75, 3.05) is 0 Å². The van der Waals surface area contributed by atoms with Crippen molar-refractivity contribution in [2.24, 2.45) is 0 Å². The van der Waals surface area contributed by atoms with Crippen molar-refractivity contribution in [2.45, 2.75) is 6.42 Å². The van der Waals surface area contributed by atoms with E-state index in [1.807, 2.05) is 0 Å². The molecule has 62 valence electrons. The number of nitriles is 1. The second-order valence-electron chi connectivity index (χ2n) is 2.25. The molecule has 4 heteroatoms. The van der Waals surface area contributed by atoms with Crippen LogP contribution in [0, 0.1) is 23.0 Å². The number of halogens is 2. The maximum absolute atomic E-state index is 12.5. The third-order valence-corrected chi connectivity index (χ3v) is 1.35. The summed E-state index contributed by atoms with van der Waals surface area (Å²) in [5.41, 5.74) is 0.258. The predicted octanol–water partition coefficient (Wildman–Crippen LogP) is 1.74. The molecule has 0 fully saturated rings. The highest BCUT2D eigenvalue weighted by Gasteiger charge is 2.08. The van der Waals surface area contributed by atoms with Crippen LogP contribution in [0.1, 0.15) is 5.56 Å². The molecule has 0 atom stereocenters. The van der Waals surface area contributed by atoms with Gasteiger partial charge in [0.2, 0.25) is 0 Å². The van der Waals surface area contributed by atoms with Crippen molar-refractivity contribution in [1.29, 1.82) is 5.26 Å². The molecule has 0 saturated heterocycles. The Hall–Kier alpha value is -1.63. The Morgan fingerprint density at radius 3 is 2.58 bits per heavy atom. The van der Waals surface area contributed by atoms with Crippen molar-refractivity contribution in [3.63, 3.8) is 0 Å². The van der Waals surface area contributed by atoms with Gasteiger partial charge in [-0.1, -0.05) is 0 Å². The average molecular weight is 169 g/mol. The monoisotopic (exact) mass is 169 g/mol. The number of benzene rings is 1. The smallest absolute Gasteiger partial charge is 0.200 e. The zero-order chi connectivity index (χ0) is 9.14. The molecule has 0 saturated carbocycles. The molecule has 0 heterocycles. The minimum atomic E-state index is -1.28. The molecule has 0 spiro atoms. The molecule has 0 aliphatic rings. The standard InChI is InChI=1S/C8H5F2NO/c9-6-3-5(1-2-11)4-7(12)8(6)10/h3-4,12H,1H2. The van der Waals surface area contributed by atoms with Gasteiger partial charge in [0.1, 0.15) is 0 Å². The Morgan fingerprint density at radius 1 is 1.42 bits per heavy atom. The fraction of sp³-hybridized carbons (Fsp3) is 0.125. The Bertz CT molecular complexity index is 320. The lowest BCUT2D eigenvalue weighted by atomic mass is 10.1. The van der Waals surface area contributed by atoms with E-state index in [4.69, 9.17) is 10.4 Å². The first-order valence-corrected chi connectivity index (χ1v) is 3.19. The summed E-state index contributed by atoms with van der Waals surface area (Å²) >= 11 is 0. The zero-order valence-electron chi connectivity index (χ0n) is 6.01. The molecule has 0 amide bonds. The van der Waals surface area contributed by atoms with Gasteiger partial charge >= 0.3 is 0 Å². The van der Waals surface area contributed by atoms with Gasteiger partial charge in [-0.25, -0.2) is 4.39 Å². The Labute approximate surface area is 67.7 Å². The molecular weight excluding hydrogens is 164 g/mol. The second-order valence-corrected chi connectivity index (χ2v) is 2.25. The molecule has 1 rings (SSSR count). The van der Waals surface area contributed by atoms with E-state index in [1.54, 1.807) is 6.07 Å². The first-order valence-electron chi connectivity index (χ1n) is 3.19. The van der Waals surface area contributed by atoms with Crippen LogP contribution in [0.3, 0.4) is 0 Å². The van der Waals surface area contributed by atoms with Crippen molar-refractivity contribution in [3.05, 3.63) is 29.3 Å². The molecule has 1 N–H and O–H groups in total. The number of hydrogen-bond acceptors (Lipinski definition) is 2. The van der Waals surface area contributed by atoms with Crippen LogP contribution in [-0.2, 0) is 6.42 Å². The van der Waals surface area contributed by atoms with E-state index in [0.717, 1.165) is 12.1 Å². The second kappa shape index (κ2) is 3.18. The van der Waals surface area contributed by atoms with E-state index in [0.29, 0.717) is 0 Å². The van der Waals surface area contributed by atoms with Crippen molar-refractivity contribution in [3.8, 4) is 11.8 Å². The highest BCUT2D eigenvalue weighted by Crippen LogP contribution is 2.20. The maximum Gasteiger partial charge on any atom is 0.200 e. The summed E-state index contributed by atoms with van der Waals surface area (Å²) in [6.07, 6.45) is -0.0508. The Balaban J connectivity index is 3.14. The zero-order valence-corrected chi connectivity index (χ0v) is 6.01. The minimum absolute atomic E-state index is 0.0508. The van der Waals surface area contributed by atoms with Crippen LogP contribution in [0.4, 0.5) is 8.78 Å². The molecule has 1 aromatic rings.